The lowest BCUT2D eigenvalue weighted by atomic mass is 9.88. The van der Waals surface area contributed by atoms with Gasteiger partial charge in [-0.25, -0.2) is 8.42 Å². The molecule has 1 N–H and O–H groups in total. The predicted octanol–water partition coefficient (Wildman–Crippen LogP) is 0.192. The molecule has 0 radical (unpaired) electrons. The summed E-state index contributed by atoms with van der Waals surface area (Å²) in [7, 11) is -1.14. The van der Waals surface area contributed by atoms with Crippen molar-refractivity contribution < 1.29 is 8.42 Å². The van der Waals surface area contributed by atoms with Gasteiger partial charge in [0.1, 0.15) is 0 Å². The standard InChI is InChI=1S/C13H25N5O2S/c1-13(2,3)14-8-11(7-12-15-17-18(4)16-12)10-5-6-21(19,20)9-10/h10-11,14H,5-9H2,1-4H3. The number of rotatable bonds is 5. The van der Waals surface area contributed by atoms with E-state index in [1.807, 2.05) is 0 Å². The molecule has 1 saturated heterocycles. The van der Waals surface area contributed by atoms with E-state index in [1.165, 1.54) is 4.80 Å². The Labute approximate surface area is 126 Å². The number of nitrogens with zero attached hydrogens (tertiary/aromatic N) is 4. The number of aromatic nitrogens is 4. The molecule has 0 aromatic carbocycles. The van der Waals surface area contributed by atoms with E-state index in [0.717, 1.165) is 13.0 Å². The first-order valence-corrected chi connectivity index (χ1v) is 9.15. The van der Waals surface area contributed by atoms with Crippen LogP contribution < -0.4 is 5.32 Å². The maximum absolute atomic E-state index is 11.7. The quantitative estimate of drug-likeness (QED) is 0.834. The highest BCUT2D eigenvalue weighted by Crippen LogP contribution is 2.28. The number of nitrogens with one attached hydrogen (secondary N) is 1. The van der Waals surface area contributed by atoms with E-state index in [2.05, 4.69) is 41.5 Å². The average molecular weight is 315 g/mol. The zero-order valence-corrected chi connectivity index (χ0v) is 14.0. The van der Waals surface area contributed by atoms with E-state index in [1.54, 1.807) is 7.05 Å². The third-order valence-electron chi connectivity index (χ3n) is 3.82. The summed E-state index contributed by atoms with van der Waals surface area (Å²) in [5.74, 6) is 1.66. The van der Waals surface area contributed by atoms with E-state index in [4.69, 9.17) is 0 Å². The fourth-order valence-electron chi connectivity index (χ4n) is 2.68. The van der Waals surface area contributed by atoms with E-state index in [0.29, 0.717) is 18.0 Å². The minimum Gasteiger partial charge on any atom is -0.312 e. The van der Waals surface area contributed by atoms with Gasteiger partial charge in [0.15, 0.2) is 15.7 Å². The Hall–Kier alpha value is -1.02. The van der Waals surface area contributed by atoms with Gasteiger partial charge in [-0.2, -0.15) is 4.80 Å². The third-order valence-corrected chi connectivity index (χ3v) is 5.62. The molecule has 0 amide bonds. The summed E-state index contributed by atoms with van der Waals surface area (Å²) < 4.78 is 23.5. The molecule has 1 aliphatic heterocycles. The molecular weight excluding hydrogens is 290 g/mol. The first-order valence-electron chi connectivity index (χ1n) is 7.33. The molecule has 0 spiro atoms. The molecule has 2 heterocycles. The molecule has 1 fully saturated rings. The highest BCUT2D eigenvalue weighted by Gasteiger charge is 2.34. The van der Waals surface area contributed by atoms with Crippen LogP contribution in [0, 0.1) is 11.8 Å². The van der Waals surface area contributed by atoms with Crippen molar-refractivity contribution in [3.8, 4) is 0 Å². The summed E-state index contributed by atoms with van der Waals surface area (Å²) in [6.07, 6.45) is 1.40. The molecule has 120 valence electrons. The van der Waals surface area contributed by atoms with Crippen LogP contribution in [0.4, 0.5) is 0 Å². The smallest absolute Gasteiger partial charge is 0.175 e. The maximum Gasteiger partial charge on any atom is 0.175 e. The Kier molecular flexibility index (Phi) is 4.67. The highest BCUT2D eigenvalue weighted by atomic mass is 32.2. The second-order valence-corrected chi connectivity index (χ2v) is 9.18. The van der Waals surface area contributed by atoms with Gasteiger partial charge in [0.25, 0.3) is 0 Å². The number of aryl methyl sites for hydroxylation is 1. The lowest BCUT2D eigenvalue weighted by Crippen LogP contribution is -2.41. The van der Waals surface area contributed by atoms with Gasteiger partial charge in [-0.15, -0.1) is 10.2 Å². The normalized spacial score (nSPS) is 23.3. The van der Waals surface area contributed by atoms with Crippen molar-refractivity contribution in [3.63, 3.8) is 0 Å². The van der Waals surface area contributed by atoms with E-state index < -0.39 is 9.84 Å². The molecule has 1 aromatic heterocycles. The number of sulfone groups is 1. The largest absolute Gasteiger partial charge is 0.312 e. The Morgan fingerprint density at radius 2 is 2.14 bits per heavy atom. The molecule has 8 heteroatoms. The molecule has 7 nitrogen and oxygen atoms in total. The first kappa shape index (κ1) is 16.4. The number of hydrogen-bond donors (Lipinski definition) is 1. The number of tetrazole rings is 1. The average Bonchev–Trinajstić information content (AvgIpc) is 2.89. The fraction of sp³-hybridized carbons (Fsp3) is 0.923. The zero-order chi connectivity index (χ0) is 15.7. The Morgan fingerprint density at radius 1 is 1.43 bits per heavy atom. The van der Waals surface area contributed by atoms with Crippen LogP contribution in [0.1, 0.15) is 33.0 Å². The zero-order valence-electron chi connectivity index (χ0n) is 13.2. The Bertz CT molecular complexity index is 576. The van der Waals surface area contributed by atoms with Gasteiger partial charge in [-0.3, -0.25) is 0 Å². The van der Waals surface area contributed by atoms with Gasteiger partial charge >= 0.3 is 0 Å². The van der Waals surface area contributed by atoms with Gasteiger partial charge in [0.2, 0.25) is 0 Å². The fourth-order valence-corrected chi connectivity index (χ4v) is 4.60. The van der Waals surface area contributed by atoms with Crippen molar-refractivity contribution in [2.24, 2.45) is 18.9 Å². The van der Waals surface area contributed by atoms with E-state index in [9.17, 15) is 8.42 Å². The Balaban J connectivity index is 2.06. The van der Waals surface area contributed by atoms with Gasteiger partial charge in [-0.1, -0.05) is 0 Å². The van der Waals surface area contributed by atoms with Crippen molar-refractivity contribution in [1.82, 2.24) is 25.5 Å². The van der Waals surface area contributed by atoms with Crippen molar-refractivity contribution >= 4 is 9.84 Å². The van der Waals surface area contributed by atoms with Crippen LogP contribution in [-0.4, -0.2) is 52.2 Å². The maximum atomic E-state index is 11.7. The van der Waals surface area contributed by atoms with Crippen LogP contribution in [0.2, 0.25) is 0 Å². The number of hydrogen-bond acceptors (Lipinski definition) is 6. The van der Waals surface area contributed by atoms with Crippen LogP contribution in [0.25, 0.3) is 0 Å². The summed E-state index contributed by atoms with van der Waals surface area (Å²) in [4.78, 5) is 1.44. The molecule has 21 heavy (non-hydrogen) atoms. The van der Waals surface area contributed by atoms with Gasteiger partial charge < -0.3 is 5.32 Å². The molecule has 1 aliphatic rings. The monoisotopic (exact) mass is 315 g/mol. The summed E-state index contributed by atoms with van der Waals surface area (Å²) in [6, 6.07) is 0. The molecule has 0 saturated carbocycles. The van der Waals surface area contributed by atoms with Gasteiger partial charge in [-0.05, 0) is 50.8 Å². The molecule has 0 bridgehead atoms. The molecule has 2 atom stereocenters. The lowest BCUT2D eigenvalue weighted by Gasteiger charge is -2.27. The summed E-state index contributed by atoms with van der Waals surface area (Å²) in [6.45, 7) is 7.09. The van der Waals surface area contributed by atoms with E-state index in [-0.39, 0.29) is 23.1 Å². The minimum absolute atomic E-state index is 0.00548. The minimum atomic E-state index is -2.87. The SMILES string of the molecule is Cn1nnc(CC(CNC(C)(C)C)C2CCS(=O)(=O)C2)n1. The van der Waals surface area contributed by atoms with Crippen LogP contribution >= 0.6 is 0 Å². The molecular formula is C13H25N5O2S. The molecule has 1 aromatic rings. The van der Waals surface area contributed by atoms with Crippen molar-refractivity contribution in [2.75, 3.05) is 18.1 Å². The summed E-state index contributed by atoms with van der Waals surface area (Å²) in [5, 5.41) is 15.6. The highest BCUT2D eigenvalue weighted by molar-refractivity contribution is 7.91. The van der Waals surface area contributed by atoms with Crippen molar-refractivity contribution in [3.05, 3.63) is 5.82 Å². The van der Waals surface area contributed by atoms with Crippen molar-refractivity contribution in [2.45, 2.75) is 39.2 Å². The first-order chi connectivity index (χ1) is 9.65. The van der Waals surface area contributed by atoms with Crippen LogP contribution in [0.5, 0.6) is 0 Å². The van der Waals surface area contributed by atoms with Crippen LogP contribution in [0.15, 0.2) is 0 Å². The molecule has 2 unspecified atom stereocenters. The van der Waals surface area contributed by atoms with Gasteiger partial charge in [0.05, 0.1) is 18.6 Å². The predicted molar refractivity (Wildman–Crippen MR) is 80.5 cm³/mol. The Morgan fingerprint density at radius 3 is 2.62 bits per heavy atom. The van der Waals surface area contributed by atoms with Crippen LogP contribution in [-0.2, 0) is 23.3 Å². The summed E-state index contributed by atoms with van der Waals surface area (Å²) >= 11 is 0. The second kappa shape index (κ2) is 6.00. The third kappa shape index (κ3) is 5.03. The van der Waals surface area contributed by atoms with E-state index >= 15 is 0 Å². The van der Waals surface area contributed by atoms with Crippen LogP contribution in [0.3, 0.4) is 0 Å². The lowest BCUT2D eigenvalue weighted by molar-refractivity contribution is 0.298. The van der Waals surface area contributed by atoms with Gasteiger partial charge in [0, 0.05) is 12.0 Å². The van der Waals surface area contributed by atoms with Crippen molar-refractivity contribution in [1.29, 1.82) is 0 Å². The molecule has 0 aliphatic carbocycles. The topological polar surface area (TPSA) is 89.8 Å². The molecule has 2 rings (SSSR count). The summed E-state index contributed by atoms with van der Waals surface area (Å²) in [5.41, 5.74) is 0.00548. The second-order valence-electron chi connectivity index (χ2n) is 6.95.